The molecule has 0 radical (unpaired) electrons. The summed E-state index contributed by atoms with van der Waals surface area (Å²) in [5.41, 5.74) is 0.900. The van der Waals surface area contributed by atoms with Crippen LogP contribution in [-0.2, 0) is 30.2 Å². The first-order valence-corrected chi connectivity index (χ1v) is 23.1. The number of aliphatic hydroxyl groups excluding tert-OH is 2. The van der Waals surface area contributed by atoms with Crippen LogP contribution in [0, 0.1) is 36.5 Å². The number of fused-ring (bicyclic) bond motifs is 14. The van der Waals surface area contributed by atoms with E-state index in [2.05, 4.69) is 31.3 Å². The number of rotatable bonds is 6. The van der Waals surface area contributed by atoms with Gasteiger partial charge in [0.05, 0.1) is 53.0 Å². The normalized spacial score (nSPS) is 32.6. The van der Waals surface area contributed by atoms with Crippen LogP contribution in [0.25, 0.3) is 10.8 Å². The van der Waals surface area contributed by atoms with E-state index >= 15 is 0 Å². The number of carbonyl (C=O) groups excluding carboxylic acids is 3. The number of allylic oxidation sites excluding steroid dienone is 2. The van der Waals surface area contributed by atoms with Crippen LogP contribution in [0.2, 0.25) is 0 Å². The average molecular weight is 926 g/mol. The number of aliphatic hydroxyl groups is 2. The number of phenolic OH excluding ortho intramolecular Hbond substituents is 3. The van der Waals surface area contributed by atoms with E-state index in [0.717, 1.165) is 19.3 Å². The molecular formula is C52H67N3O12. The van der Waals surface area contributed by atoms with Gasteiger partial charge in [0.25, 0.3) is 11.7 Å². The lowest BCUT2D eigenvalue weighted by atomic mass is 9.78. The summed E-state index contributed by atoms with van der Waals surface area (Å²) in [6.45, 7) is 16.7. The molecule has 0 aliphatic carbocycles. The largest absolute Gasteiger partial charge is 0.507 e. The van der Waals surface area contributed by atoms with Crippen LogP contribution >= 0.6 is 0 Å². The number of hydrazone groups is 1. The summed E-state index contributed by atoms with van der Waals surface area (Å²) in [4.78, 5) is 41.1. The quantitative estimate of drug-likeness (QED) is 0.0603. The van der Waals surface area contributed by atoms with E-state index in [1.807, 2.05) is 23.2 Å². The number of ketones is 1. The van der Waals surface area contributed by atoms with E-state index in [4.69, 9.17) is 24.0 Å². The smallest absolute Gasteiger partial charge is 0.312 e. The minimum atomic E-state index is -2.06. The van der Waals surface area contributed by atoms with Gasteiger partial charge in [-0.05, 0) is 64.5 Å². The number of amides is 1. The van der Waals surface area contributed by atoms with Gasteiger partial charge >= 0.3 is 11.8 Å². The van der Waals surface area contributed by atoms with Gasteiger partial charge < -0.3 is 49.8 Å². The summed E-state index contributed by atoms with van der Waals surface area (Å²) in [7, 11) is 1.44. The molecule has 0 spiro atoms. The van der Waals surface area contributed by atoms with Crippen LogP contribution in [0.5, 0.6) is 23.0 Å². The topological polar surface area (TPSA) is 217 Å². The number of esters is 1. The number of phenols is 3. The number of nitrogens with one attached hydrogen (secondary N) is 1. The molecule has 1 amide bonds. The Morgan fingerprint density at radius 1 is 0.910 bits per heavy atom. The molecule has 3 aromatic carbocycles. The second kappa shape index (κ2) is 20.5. The Hall–Kier alpha value is -5.90. The summed E-state index contributed by atoms with van der Waals surface area (Å²) < 4.78 is 23.8. The van der Waals surface area contributed by atoms with E-state index in [0.29, 0.717) is 5.92 Å². The van der Waals surface area contributed by atoms with Gasteiger partial charge in [-0.2, -0.15) is 5.10 Å². The fraction of sp³-hybridized carbons (Fsp3) is 0.500. The minimum Gasteiger partial charge on any atom is -0.507 e. The number of Topliss-reactive ketones (excluding diaryl/α,β-unsaturated/α-hetero) is 1. The molecular weight excluding hydrogens is 859 g/mol. The SMILES string of the molecule is CO[C@H]1/C=C/O[C@@]2(C)Oc3c(C)c(O)c4c(O)c(c(/C=N/N5C(C)CC(Cc6ccccc6)CC5C)c(O)c4c3C2=O)NC(=O)/C(C)=C\C=C\[C@H](C)[C@H](O)[C@@H](C)[C@@H](O)[C@@H](C)[C@H](OC(C)=O)[C@@H]1C. The van der Waals surface area contributed by atoms with Gasteiger partial charge in [0, 0.05) is 73.2 Å². The lowest BCUT2D eigenvalue weighted by Crippen LogP contribution is -2.46. The van der Waals surface area contributed by atoms with Crippen molar-refractivity contribution in [1.82, 2.24) is 5.01 Å². The van der Waals surface area contributed by atoms with Crippen molar-refractivity contribution in [3.05, 3.63) is 88.7 Å². The highest BCUT2D eigenvalue weighted by Gasteiger charge is 2.50. The van der Waals surface area contributed by atoms with Gasteiger partial charge in [-0.3, -0.25) is 19.4 Å². The molecule has 11 atom stereocenters. The third-order valence-electron chi connectivity index (χ3n) is 14.0. The number of hydrogen-bond acceptors (Lipinski definition) is 14. The Morgan fingerprint density at radius 3 is 2.19 bits per heavy atom. The van der Waals surface area contributed by atoms with Crippen LogP contribution in [0.1, 0.15) is 102 Å². The van der Waals surface area contributed by atoms with Crippen molar-refractivity contribution in [2.75, 3.05) is 12.4 Å². The highest BCUT2D eigenvalue weighted by Crippen LogP contribution is 2.55. The molecule has 6 N–H and O–H groups in total. The van der Waals surface area contributed by atoms with Crippen molar-refractivity contribution in [2.24, 2.45) is 34.7 Å². The number of aromatic hydroxyl groups is 3. The van der Waals surface area contributed by atoms with Crippen LogP contribution in [-0.4, -0.2) is 104 Å². The molecule has 5 bridgehead atoms. The summed E-state index contributed by atoms with van der Waals surface area (Å²) in [6, 6.07) is 10.2. The van der Waals surface area contributed by atoms with E-state index in [1.54, 1.807) is 39.8 Å². The van der Waals surface area contributed by atoms with Crippen molar-refractivity contribution < 1.29 is 58.9 Å². The first kappa shape index (κ1) is 50.5. The number of nitrogens with zero attached hydrogens (tertiary/aromatic N) is 2. The molecule has 2 unspecified atom stereocenters. The lowest BCUT2D eigenvalue weighted by molar-refractivity contribution is -0.160. The highest BCUT2D eigenvalue weighted by atomic mass is 16.7. The van der Waals surface area contributed by atoms with Crippen molar-refractivity contribution in [2.45, 2.75) is 131 Å². The van der Waals surface area contributed by atoms with Crippen molar-refractivity contribution in [3.63, 3.8) is 0 Å². The maximum absolute atomic E-state index is 14.6. The number of anilines is 1. The molecule has 67 heavy (non-hydrogen) atoms. The number of ether oxygens (including phenoxy) is 4. The van der Waals surface area contributed by atoms with Gasteiger partial charge in [-0.25, -0.2) is 0 Å². The Labute approximate surface area is 392 Å². The standard InChI is InChI=1S/C52H67N3O12/c1-26-16-15-17-27(2)51(63)54-42-37(25-53-55-28(3)22-36(23-29(55)4)24-35-18-13-12-14-19-35)46(60)39-40(47(42)61)45(59)33(8)49-41(39)50(62)52(10,67-49)65-21-20-38(64-11)30(5)48(66-34(9)56)32(7)44(58)31(6)43(26)57/h12-21,25-26,28-32,36,38,43-44,48,57-61H,22-24H2,1-11H3,(H,54,63)/b16-15+,21-20+,27-17-,53-25+/t26-,28?,29?,30+,31+,32+,36?,38-,43-,44+,48+,52-/m0/s1. The maximum Gasteiger partial charge on any atom is 0.312 e. The number of benzene rings is 3. The van der Waals surface area contributed by atoms with E-state index in [1.165, 1.54) is 65.0 Å². The molecule has 0 saturated carbocycles. The van der Waals surface area contributed by atoms with Gasteiger partial charge in [-0.1, -0.05) is 76.3 Å². The van der Waals surface area contributed by atoms with Crippen molar-refractivity contribution >= 4 is 40.3 Å². The maximum atomic E-state index is 14.6. The summed E-state index contributed by atoms with van der Waals surface area (Å²) in [6.07, 6.45) is 7.51. The van der Waals surface area contributed by atoms with Crippen LogP contribution < -0.4 is 10.1 Å². The highest BCUT2D eigenvalue weighted by molar-refractivity contribution is 6.23. The van der Waals surface area contributed by atoms with E-state index in [9.17, 15) is 39.9 Å². The number of hydrogen-bond donors (Lipinski definition) is 6. The molecule has 4 aliphatic rings. The molecule has 15 heteroatoms. The lowest BCUT2D eigenvalue weighted by Gasteiger charge is -2.41. The van der Waals surface area contributed by atoms with Crippen LogP contribution in [0.4, 0.5) is 5.69 Å². The average Bonchev–Trinajstić information content (AvgIpc) is 3.55. The summed E-state index contributed by atoms with van der Waals surface area (Å²) >= 11 is 0. The van der Waals surface area contributed by atoms with Crippen LogP contribution in [0.15, 0.2) is 71.6 Å². The van der Waals surface area contributed by atoms with Crippen molar-refractivity contribution in [3.8, 4) is 23.0 Å². The molecule has 0 aromatic heterocycles. The molecule has 7 rings (SSSR count). The van der Waals surface area contributed by atoms with Crippen LogP contribution in [0.3, 0.4) is 0 Å². The Morgan fingerprint density at radius 2 is 1.57 bits per heavy atom. The third kappa shape index (κ3) is 10.2. The predicted molar refractivity (Wildman–Crippen MR) is 255 cm³/mol. The number of carbonyl (C=O) groups is 3. The molecule has 4 heterocycles. The molecule has 1 saturated heterocycles. The second-order valence-corrected chi connectivity index (χ2v) is 19.0. The minimum absolute atomic E-state index is 0.0328. The first-order valence-electron chi connectivity index (χ1n) is 23.1. The fourth-order valence-corrected chi connectivity index (χ4v) is 10.1. The molecule has 15 nitrogen and oxygen atoms in total. The number of methoxy groups -OCH3 is 1. The Bertz CT molecular complexity index is 2450. The zero-order valence-corrected chi connectivity index (χ0v) is 40.3. The van der Waals surface area contributed by atoms with E-state index in [-0.39, 0.29) is 56.6 Å². The zero-order chi connectivity index (χ0) is 49.2. The number of piperidine rings is 1. The van der Waals surface area contributed by atoms with Gasteiger partial charge in [-0.15, -0.1) is 0 Å². The van der Waals surface area contributed by atoms with Gasteiger partial charge in [0.15, 0.2) is 5.75 Å². The predicted octanol–water partition coefficient (Wildman–Crippen LogP) is 7.82. The fourth-order valence-electron chi connectivity index (χ4n) is 10.1. The van der Waals surface area contributed by atoms with E-state index < -0.39 is 88.8 Å². The Kier molecular flexibility index (Phi) is 15.5. The summed E-state index contributed by atoms with van der Waals surface area (Å²) in [5, 5.41) is 68.3. The summed E-state index contributed by atoms with van der Waals surface area (Å²) in [5.74, 6) is -8.01. The molecule has 3 aromatic rings. The molecule has 362 valence electrons. The van der Waals surface area contributed by atoms with Gasteiger partial charge in [0.2, 0.25) is 0 Å². The Balaban J connectivity index is 1.49. The van der Waals surface area contributed by atoms with Crippen molar-refractivity contribution in [1.29, 1.82) is 0 Å². The molecule has 1 fully saturated rings. The molecule has 4 aliphatic heterocycles. The van der Waals surface area contributed by atoms with Gasteiger partial charge in [0.1, 0.15) is 23.4 Å². The first-order chi connectivity index (χ1) is 31.6. The monoisotopic (exact) mass is 925 g/mol. The third-order valence-corrected chi connectivity index (χ3v) is 14.0. The zero-order valence-electron chi connectivity index (χ0n) is 40.3. The second-order valence-electron chi connectivity index (χ2n) is 19.0.